The summed E-state index contributed by atoms with van der Waals surface area (Å²) in [4.78, 5) is 27.3. The van der Waals surface area contributed by atoms with Gasteiger partial charge in [0.2, 0.25) is 11.6 Å². The van der Waals surface area contributed by atoms with Crippen LogP contribution in [0.3, 0.4) is 0 Å². The number of hydrogen-bond acceptors (Lipinski definition) is 24. The molecule has 7 fully saturated rings. The molecule has 0 amide bonds. The van der Waals surface area contributed by atoms with Crippen molar-refractivity contribution in [2.75, 3.05) is 25.6 Å². The zero-order chi connectivity index (χ0) is 47.0. The number of fused-ring (bicyclic) bond motifs is 3. The van der Waals surface area contributed by atoms with Gasteiger partial charge in [0.1, 0.15) is 85.1 Å². The Morgan fingerprint density at radius 2 is 1.40 bits per heavy atom. The molecule has 0 bridgehead atoms. The largest absolute Gasteiger partial charge is 0.508 e. The molecule has 0 radical (unpaired) electrons. The Bertz CT molecular complexity index is 1900. The zero-order valence-electron chi connectivity index (χ0n) is 34.9. The molecule has 1 spiro atoms. The van der Waals surface area contributed by atoms with Gasteiger partial charge in [0.15, 0.2) is 24.5 Å². The Morgan fingerprint density at radius 3 is 2.08 bits per heavy atom. The first-order valence-corrected chi connectivity index (χ1v) is 22.7. The zero-order valence-corrected chi connectivity index (χ0v) is 35.7. The van der Waals surface area contributed by atoms with Gasteiger partial charge in [-0.2, -0.15) is 0 Å². The first-order valence-electron chi connectivity index (χ1n) is 21.3. The maximum absolute atomic E-state index is 14.3. The topological polar surface area (TPSA) is 377 Å². The third-order valence-electron chi connectivity index (χ3n) is 13.7. The van der Waals surface area contributed by atoms with E-state index in [9.17, 15) is 75.1 Å². The number of carbonyl (C=O) groups excluding carboxylic acids is 2. The van der Waals surface area contributed by atoms with E-state index >= 15 is 0 Å². The monoisotopic (exact) mass is 952 g/mol. The van der Waals surface area contributed by atoms with E-state index in [0.29, 0.717) is 0 Å². The Balaban J connectivity index is 1.01. The summed E-state index contributed by atoms with van der Waals surface area (Å²) in [6.07, 6.45) is -32.7. The van der Waals surface area contributed by atoms with Gasteiger partial charge in [0.05, 0.1) is 54.7 Å². The van der Waals surface area contributed by atoms with Crippen molar-refractivity contribution in [3.63, 3.8) is 0 Å². The normalized spacial score (nSPS) is 51.1. The van der Waals surface area contributed by atoms with E-state index in [-0.39, 0.29) is 23.7 Å². The molecule has 6 aliphatic heterocycles. The lowest BCUT2D eigenvalue weighted by Crippen LogP contribution is -2.67. The summed E-state index contributed by atoms with van der Waals surface area (Å²) in [5.41, 5.74) is -2.55. The van der Waals surface area contributed by atoms with Crippen LogP contribution in [0.4, 0.5) is 0 Å². The van der Waals surface area contributed by atoms with Gasteiger partial charge < -0.3 is 104 Å². The van der Waals surface area contributed by atoms with Gasteiger partial charge in [-0.15, -0.1) is 0 Å². The average Bonchev–Trinajstić information content (AvgIpc) is 3.70. The molecular weight excluding hydrogens is 896 g/mol. The van der Waals surface area contributed by atoms with E-state index in [1.54, 1.807) is 6.92 Å². The van der Waals surface area contributed by atoms with Gasteiger partial charge >= 0.3 is 5.97 Å². The fourth-order valence-electron chi connectivity index (χ4n) is 9.81. The summed E-state index contributed by atoms with van der Waals surface area (Å²) >= 11 is 0. The lowest BCUT2D eigenvalue weighted by molar-refractivity contribution is -0.387. The number of ketones is 1. The number of benzene rings is 1. The first-order chi connectivity index (χ1) is 30.7. The molecular formula is C40H56O24S. The van der Waals surface area contributed by atoms with Crippen LogP contribution in [0.2, 0.25) is 0 Å². The highest BCUT2D eigenvalue weighted by Gasteiger charge is 2.75. The number of ether oxygens (including phenoxy) is 9. The number of aliphatic hydroxyl groups excluding tert-OH is 10. The van der Waals surface area contributed by atoms with Crippen molar-refractivity contribution in [1.82, 2.24) is 0 Å². The van der Waals surface area contributed by atoms with E-state index in [2.05, 4.69) is 0 Å². The van der Waals surface area contributed by atoms with Crippen LogP contribution in [0, 0.1) is 11.8 Å². The number of esters is 1. The fourth-order valence-corrected chi connectivity index (χ4v) is 11.9. The van der Waals surface area contributed by atoms with Crippen LogP contribution >= 0.6 is 0 Å². The molecule has 1 aromatic carbocycles. The predicted octanol–water partition coefficient (Wildman–Crippen LogP) is -6.26. The molecule has 24 nitrogen and oxygen atoms in total. The highest BCUT2D eigenvalue weighted by Crippen LogP contribution is 2.53. The van der Waals surface area contributed by atoms with Gasteiger partial charge in [-0.05, 0) is 37.6 Å². The van der Waals surface area contributed by atoms with Crippen molar-refractivity contribution in [2.24, 2.45) is 11.8 Å². The summed E-state index contributed by atoms with van der Waals surface area (Å²) in [6.45, 7) is 1.12. The van der Waals surface area contributed by atoms with Gasteiger partial charge in [0.25, 0.3) is 0 Å². The second-order valence-electron chi connectivity index (χ2n) is 17.8. The highest BCUT2D eigenvalue weighted by molar-refractivity contribution is 7.86. The molecule has 1 aromatic rings. The molecule has 2 unspecified atom stereocenters. The number of rotatable bonds is 10. The summed E-state index contributed by atoms with van der Waals surface area (Å²) < 4.78 is 66.8. The quantitative estimate of drug-likeness (QED) is 0.0971. The molecule has 65 heavy (non-hydrogen) atoms. The maximum atomic E-state index is 14.3. The number of phenolic OH excluding ortho intramolecular Hbond substituents is 1. The van der Waals surface area contributed by atoms with Crippen LogP contribution in [-0.4, -0.2) is 236 Å². The second kappa shape index (κ2) is 18.8. The number of Topliss-reactive ketones (excluding diaryl/α,β-unsaturated/α-hetero) is 1. The van der Waals surface area contributed by atoms with Crippen LogP contribution in [0.25, 0.3) is 0 Å². The SMILES string of the molecule is C[C@@H]1CO[C@@]2(C[C@@H]1OC(=O)c1ccc(O)cc1)OC1[C@@H]3[C@H](C[C@H](O)[C@]1(O)C2=O)[C@@H](O[C@@H]1O[C@H](CO)[C@@H](O)[C@H](O)[C@H]1O[C@@H]1O[C@H](CO)[C@@H](O)[C@H](O[C@@H]2O[C@@H](C)[C@H](O)[C@@H](O)[C@H]2O)[C@H]1O)CS3=O. The fraction of sp³-hybridized carbons (Fsp3) is 0.800. The van der Waals surface area contributed by atoms with E-state index < -0.39 is 194 Å². The van der Waals surface area contributed by atoms with Crippen molar-refractivity contribution in [3.05, 3.63) is 29.8 Å². The number of carbonyl (C=O) groups is 2. The van der Waals surface area contributed by atoms with Crippen LogP contribution in [-0.2, 0) is 58.2 Å². The molecule has 366 valence electrons. The lowest BCUT2D eigenvalue weighted by Gasteiger charge is -2.48. The van der Waals surface area contributed by atoms with Crippen molar-refractivity contribution in [2.45, 2.75) is 160 Å². The van der Waals surface area contributed by atoms with E-state index in [1.807, 2.05) is 0 Å². The van der Waals surface area contributed by atoms with Gasteiger partial charge in [0, 0.05) is 29.1 Å². The van der Waals surface area contributed by atoms with Crippen molar-refractivity contribution >= 4 is 22.6 Å². The molecule has 0 aromatic heterocycles. The van der Waals surface area contributed by atoms with Crippen molar-refractivity contribution < 1.29 is 118 Å². The van der Waals surface area contributed by atoms with Crippen LogP contribution in [0.1, 0.15) is 37.0 Å². The average molecular weight is 953 g/mol. The highest BCUT2D eigenvalue weighted by atomic mass is 32.2. The van der Waals surface area contributed by atoms with Crippen LogP contribution in [0.15, 0.2) is 24.3 Å². The Morgan fingerprint density at radius 1 is 0.769 bits per heavy atom. The minimum absolute atomic E-state index is 0.0819. The number of phenols is 1. The van der Waals surface area contributed by atoms with Gasteiger partial charge in [-0.3, -0.25) is 9.00 Å². The maximum Gasteiger partial charge on any atom is 0.338 e. The summed E-state index contributed by atoms with van der Waals surface area (Å²) in [6, 6.07) is 5.26. The summed E-state index contributed by atoms with van der Waals surface area (Å²) in [5, 5.41) is 128. The third kappa shape index (κ3) is 8.57. The Kier molecular flexibility index (Phi) is 14.2. The Labute approximate surface area is 372 Å². The van der Waals surface area contributed by atoms with Crippen LogP contribution in [0.5, 0.6) is 5.75 Å². The standard InChI is InChI=1S/C40H56O24S/c1-13-11-56-39(8-18(13)58-34(52)15-3-5-16(43)6-4-15)38(53)40(54)22(44)7-17-21(12-65(55)32(17)33(40)64-39)61-37-31(27(49)24(46)19(9-41)60-37)63-36-29(51)30(25(47)20(10-42)59-36)62-35-28(50)26(48)23(45)14(2)57-35/h3-6,13-14,17-33,35-37,41-51,54H,7-12H2,1-2H3/t13-,14+,17-,18+,19-,20-,21+,22+,23+,24-,25-,26-,27+,28-,29-,30+,31-,32+,33?,35+,36+,37+,39+,40-,65?/m1/s1. The van der Waals surface area contributed by atoms with Crippen LogP contribution < -0.4 is 0 Å². The molecule has 12 N–H and O–H groups in total. The minimum Gasteiger partial charge on any atom is -0.508 e. The minimum atomic E-state index is -2.65. The molecule has 1 aliphatic carbocycles. The lowest BCUT2D eigenvalue weighted by atomic mass is 9.70. The number of aliphatic hydroxyl groups is 11. The molecule has 1 saturated carbocycles. The third-order valence-corrected chi connectivity index (χ3v) is 15.5. The van der Waals surface area contributed by atoms with Crippen molar-refractivity contribution in [3.8, 4) is 5.75 Å². The molecule has 7 aliphatic rings. The van der Waals surface area contributed by atoms with Gasteiger partial charge in [-0.1, -0.05) is 6.92 Å². The smallest absolute Gasteiger partial charge is 0.338 e. The van der Waals surface area contributed by atoms with Gasteiger partial charge in [-0.25, -0.2) is 4.79 Å². The molecule has 6 saturated heterocycles. The predicted molar refractivity (Wildman–Crippen MR) is 208 cm³/mol. The van der Waals surface area contributed by atoms with E-state index in [0.717, 1.165) is 0 Å². The van der Waals surface area contributed by atoms with E-state index in [4.69, 9.17) is 42.6 Å². The molecule has 6 heterocycles. The first kappa shape index (κ1) is 49.0. The number of aromatic hydroxyl groups is 1. The second-order valence-corrected chi connectivity index (χ2v) is 19.5. The molecule has 25 atom stereocenters. The summed E-state index contributed by atoms with van der Waals surface area (Å²) in [5.74, 6) is -5.96. The van der Waals surface area contributed by atoms with E-state index in [1.165, 1.54) is 31.2 Å². The molecule has 25 heteroatoms. The summed E-state index contributed by atoms with van der Waals surface area (Å²) in [7, 11) is -1.99. The Hall–Kier alpha value is -2.45. The number of hydrogen-bond donors (Lipinski definition) is 12. The molecule has 8 rings (SSSR count). The van der Waals surface area contributed by atoms with Crippen molar-refractivity contribution in [1.29, 1.82) is 0 Å².